The van der Waals surface area contributed by atoms with Crippen molar-refractivity contribution in [2.24, 2.45) is 0 Å². The first kappa shape index (κ1) is 14.8. The number of rotatable bonds is 5. The van der Waals surface area contributed by atoms with Crippen LogP contribution in [0, 0.1) is 3.57 Å². The summed E-state index contributed by atoms with van der Waals surface area (Å²) in [6.45, 7) is 0.413. The normalized spacial score (nSPS) is 10.2. The van der Waals surface area contributed by atoms with Crippen molar-refractivity contribution < 1.29 is 9.47 Å². The first-order valence-corrected chi connectivity index (χ1v) is 7.94. The summed E-state index contributed by atoms with van der Waals surface area (Å²) in [4.78, 5) is 4.24. The molecule has 3 rings (SSSR count). The standard InChI is InChI=1S/C18H14INO2/c19-15-10-11-18(20-12-15)21-13-14-6-4-5-9-17(14)22-16-7-2-1-3-8-16/h1-12H,13H2. The number of benzene rings is 2. The van der Waals surface area contributed by atoms with Gasteiger partial charge in [-0.05, 0) is 46.9 Å². The van der Waals surface area contributed by atoms with Gasteiger partial charge in [-0.15, -0.1) is 0 Å². The van der Waals surface area contributed by atoms with Crippen molar-refractivity contribution in [2.45, 2.75) is 6.61 Å². The zero-order valence-electron chi connectivity index (χ0n) is 11.8. The van der Waals surface area contributed by atoms with Crippen LogP contribution < -0.4 is 9.47 Å². The van der Waals surface area contributed by atoms with Crippen LogP contribution >= 0.6 is 22.6 Å². The number of para-hydroxylation sites is 2. The minimum absolute atomic E-state index is 0.413. The zero-order chi connectivity index (χ0) is 15.2. The Kier molecular flexibility index (Phi) is 4.90. The first-order valence-electron chi connectivity index (χ1n) is 6.86. The maximum absolute atomic E-state index is 5.92. The van der Waals surface area contributed by atoms with Gasteiger partial charge >= 0.3 is 0 Å². The van der Waals surface area contributed by atoms with E-state index in [0.29, 0.717) is 12.5 Å². The molecule has 0 spiro atoms. The predicted octanol–water partition coefficient (Wildman–Crippen LogP) is 5.06. The van der Waals surface area contributed by atoms with Gasteiger partial charge in [0.2, 0.25) is 5.88 Å². The van der Waals surface area contributed by atoms with E-state index in [-0.39, 0.29) is 0 Å². The van der Waals surface area contributed by atoms with E-state index in [9.17, 15) is 0 Å². The van der Waals surface area contributed by atoms with Crippen molar-refractivity contribution in [1.29, 1.82) is 0 Å². The Morgan fingerprint density at radius 2 is 1.64 bits per heavy atom. The Labute approximate surface area is 143 Å². The molecule has 0 unspecified atom stereocenters. The molecule has 0 aliphatic carbocycles. The van der Waals surface area contributed by atoms with Crippen molar-refractivity contribution >= 4 is 22.6 Å². The molecule has 0 atom stereocenters. The minimum Gasteiger partial charge on any atom is -0.473 e. The van der Waals surface area contributed by atoms with Crippen LogP contribution in [0.3, 0.4) is 0 Å². The van der Waals surface area contributed by atoms with Gasteiger partial charge in [-0.1, -0.05) is 36.4 Å². The molecule has 3 nitrogen and oxygen atoms in total. The summed E-state index contributed by atoms with van der Waals surface area (Å²) in [6.07, 6.45) is 1.78. The van der Waals surface area contributed by atoms with Gasteiger partial charge in [-0.2, -0.15) is 0 Å². The Morgan fingerprint density at radius 1 is 0.864 bits per heavy atom. The number of pyridine rings is 1. The zero-order valence-corrected chi connectivity index (χ0v) is 13.9. The smallest absolute Gasteiger partial charge is 0.213 e. The number of nitrogens with zero attached hydrogens (tertiary/aromatic N) is 1. The average molecular weight is 403 g/mol. The highest BCUT2D eigenvalue weighted by Gasteiger charge is 2.05. The molecule has 0 amide bonds. The highest BCUT2D eigenvalue weighted by Crippen LogP contribution is 2.25. The lowest BCUT2D eigenvalue weighted by atomic mass is 10.2. The molecule has 0 fully saturated rings. The van der Waals surface area contributed by atoms with Crippen LogP contribution in [-0.2, 0) is 6.61 Å². The summed E-state index contributed by atoms with van der Waals surface area (Å²) in [7, 11) is 0. The van der Waals surface area contributed by atoms with E-state index in [4.69, 9.17) is 9.47 Å². The SMILES string of the molecule is Ic1ccc(OCc2ccccc2Oc2ccccc2)nc1. The fourth-order valence-corrected chi connectivity index (χ4v) is 2.26. The van der Waals surface area contributed by atoms with Crippen LogP contribution in [0.1, 0.15) is 5.56 Å². The molecule has 0 N–H and O–H groups in total. The minimum atomic E-state index is 0.413. The first-order chi connectivity index (χ1) is 10.8. The Morgan fingerprint density at radius 3 is 2.41 bits per heavy atom. The second kappa shape index (κ2) is 7.26. The fourth-order valence-electron chi connectivity index (χ4n) is 1.94. The number of aromatic nitrogens is 1. The molecule has 1 aromatic heterocycles. The molecular weight excluding hydrogens is 389 g/mol. The van der Waals surface area contributed by atoms with Crippen molar-refractivity contribution in [3.8, 4) is 17.4 Å². The molecule has 3 aromatic rings. The van der Waals surface area contributed by atoms with Crippen LogP contribution in [0.15, 0.2) is 72.9 Å². The van der Waals surface area contributed by atoms with Crippen LogP contribution in [0.4, 0.5) is 0 Å². The monoisotopic (exact) mass is 403 g/mol. The summed E-state index contributed by atoms with van der Waals surface area (Å²) in [6, 6.07) is 21.4. The number of halogens is 1. The van der Waals surface area contributed by atoms with Gasteiger partial charge in [0, 0.05) is 21.4 Å². The highest BCUT2D eigenvalue weighted by molar-refractivity contribution is 14.1. The van der Waals surface area contributed by atoms with E-state index in [1.54, 1.807) is 6.20 Å². The van der Waals surface area contributed by atoms with Crippen molar-refractivity contribution in [3.05, 3.63) is 82.1 Å². The van der Waals surface area contributed by atoms with Crippen LogP contribution in [-0.4, -0.2) is 4.98 Å². The highest BCUT2D eigenvalue weighted by atomic mass is 127. The molecule has 110 valence electrons. The Balaban J connectivity index is 1.72. The second-order valence-corrected chi connectivity index (χ2v) is 5.87. The van der Waals surface area contributed by atoms with Gasteiger partial charge in [-0.25, -0.2) is 4.98 Å². The summed E-state index contributed by atoms with van der Waals surface area (Å²) in [5.41, 5.74) is 0.978. The second-order valence-electron chi connectivity index (χ2n) is 4.63. The maximum atomic E-state index is 5.92. The van der Waals surface area contributed by atoms with Crippen LogP contribution in [0.5, 0.6) is 17.4 Å². The third-order valence-corrected chi connectivity index (χ3v) is 3.66. The van der Waals surface area contributed by atoms with E-state index in [0.717, 1.165) is 20.6 Å². The van der Waals surface area contributed by atoms with Crippen molar-refractivity contribution in [1.82, 2.24) is 4.98 Å². The van der Waals surface area contributed by atoms with Crippen molar-refractivity contribution in [2.75, 3.05) is 0 Å². The van der Waals surface area contributed by atoms with Crippen LogP contribution in [0.2, 0.25) is 0 Å². The average Bonchev–Trinajstić information content (AvgIpc) is 2.56. The molecule has 1 heterocycles. The predicted molar refractivity (Wildman–Crippen MR) is 94.2 cm³/mol. The molecule has 4 heteroatoms. The molecular formula is C18H14INO2. The van der Waals surface area contributed by atoms with Gasteiger partial charge < -0.3 is 9.47 Å². The summed E-state index contributed by atoms with van der Waals surface area (Å²) in [5, 5.41) is 0. The third kappa shape index (κ3) is 3.98. The van der Waals surface area contributed by atoms with E-state index in [1.807, 2.05) is 66.7 Å². The Bertz CT molecular complexity index is 730. The topological polar surface area (TPSA) is 31.4 Å². The molecule has 0 saturated carbocycles. The molecule has 0 bridgehead atoms. The summed E-state index contributed by atoms with van der Waals surface area (Å²) < 4.78 is 12.7. The van der Waals surface area contributed by atoms with Gasteiger partial charge in [0.05, 0.1) is 0 Å². The molecule has 0 radical (unpaired) electrons. The lowest BCUT2D eigenvalue weighted by Gasteiger charge is -2.11. The fraction of sp³-hybridized carbons (Fsp3) is 0.0556. The summed E-state index contributed by atoms with van der Waals surface area (Å²) in [5.74, 6) is 2.21. The number of ether oxygens (including phenoxy) is 2. The van der Waals surface area contributed by atoms with Crippen molar-refractivity contribution in [3.63, 3.8) is 0 Å². The molecule has 2 aromatic carbocycles. The number of hydrogen-bond acceptors (Lipinski definition) is 3. The third-order valence-electron chi connectivity index (χ3n) is 3.02. The quantitative estimate of drug-likeness (QED) is 0.559. The van der Waals surface area contributed by atoms with Gasteiger partial charge in [0.15, 0.2) is 0 Å². The molecule has 0 aliphatic heterocycles. The molecule has 22 heavy (non-hydrogen) atoms. The van der Waals surface area contributed by atoms with Gasteiger partial charge in [0.25, 0.3) is 0 Å². The number of hydrogen-bond donors (Lipinski definition) is 0. The summed E-state index contributed by atoms with van der Waals surface area (Å²) >= 11 is 2.22. The van der Waals surface area contributed by atoms with Gasteiger partial charge in [0.1, 0.15) is 18.1 Å². The lowest BCUT2D eigenvalue weighted by molar-refractivity contribution is 0.288. The van der Waals surface area contributed by atoms with E-state index in [2.05, 4.69) is 27.6 Å². The maximum Gasteiger partial charge on any atom is 0.213 e. The van der Waals surface area contributed by atoms with Crippen LogP contribution in [0.25, 0.3) is 0 Å². The largest absolute Gasteiger partial charge is 0.473 e. The lowest BCUT2D eigenvalue weighted by Crippen LogP contribution is -1.99. The van der Waals surface area contributed by atoms with E-state index in [1.165, 1.54) is 0 Å². The molecule has 0 saturated heterocycles. The van der Waals surface area contributed by atoms with E-state index < -0.39 is 0 Å². The molecule has 0 aliphatic rings. The Hall–Kier alpha value is -2.08. The van der Waals surface area contributed by atoms with Gasteiger partial charge in [-0.3, -0.25) is 0 Å². The van der Waals surface area contributed by atoms with E-state index >= 15 is 0 Å².